The number of esters is 1. The van der Waals surface area contributed by atoms with Gasteiger partial charge in [-0.05, 0) is 71.1 Å². The van der Waals surface area contributed by atoms with Gasteiger partial charge in [-0.2, -0.15) is 0 Å². The molecule has 58 heavy (non-hydrogen) atoms. The Hall–Kier alpha value is -4.82. The van der Waals surface area contributed by atoms with Crippen molar-refractivity contribution in [3.8, 4) is 5.75 Å². The molecule has 2 fully saturated rings. The predicted octanol–water partition coefficient (Wildman–Crippen LogP) is 6.18. The number of anilines is 2. The minimum Gasteiger partial charge on any atom is -0.497 e. The molecule has 0 radical (unpaired) electrons. The van der Waals surface area contributed by atoms with Crippen molar-refractivity contribution in [2.45, 2.75) is 88.8 Å². The van der Waals surface area contributed by atoms with E-state index in [2.05, 4.69) is 54.1 Å². The summed E-state index contributed by atoms with van der Waals surface area (Å²) in [7, 11) is -0.902. The number of rotatable bonds is 10. The van der Waals surface area contributed by atoms with Crippen LogP contribution in [-0.2, 0) is 53.8 Å². The first-order valence-corrected chi connectivity index (χ1v) is 23.6. The van der Waals surface area contributed by atoms with E-state index in [4.69, 9.17) is 14.2 Å². The second kappa shape index (κ2) is 15.4. The van der Waals surface area contributed by atoms with Gasteiger partial charge in [0.1, 0.15) is 5.75 Å². The summed E-state index contributed by atoms with van der Waals surface area (Å²) in [5.74, 6) is -0.464. The van der Waals surface area contributed by atoms with Gasteiger partial charge in [-0.25, -0.2) is 0 Å². The standard InChI is InChI=1S/C45H48BrN3O8Si/c1-27-43(58(4,5)36-17-15-35(55-3)16-18-36)39(22-40(52)47-25-31-9-7-6-8-30(31)20-34(47)26-50)57-45(27)37-21-32(46)12-19-38(37)48(44(45)54)24-29-10-13-33(14-11-29)49-41(53)23-42(49)56-28(2)51/h6-19,21,27,34,39,42-43,50H,20,22-26H2,1-5H3/t27-,34-,39+,42?,43-,45+/m0/s1. The Morgan fingerprint density at radius 3 is 2.33 bits per heavy atom. The number of carbonyl (C=O) groups is 4. The lowest BCUT2D eigenvalue weighted by Crippen LogP contribution is -2.54. The number of ether oxygens (including phenoxy) is 3. The topological polar surface area (TPSA) is 126 Å². The maximum absolute atomic E-state index is 15.3. The van der Waals surface area contributed by atoms with Crippen LogP contribution < -0.4 is 19.7 Å². The number of carbonyl (C=O) groups excluding carboxylic acids is 4. The lowest BCUT2D eigenvalue weighted by Gasteiger charge is -2.39. The summed E-state index contributed by atoms with van der Waals surface area (Å²) in [6, 6.07) is 29.0. The molecule has 4 aromatic rings. The molecule has 4 aromatic carbocycles. The van der Waals surface area contributed by atoms with Crippen LogP contribution in [0.5, 0.6) is 5.75 Å². The van der Waals surface area contributed by atoms with Gasteiger partial charge in [0.2, 0.25) is 11.8 Å². The number of hydrogen-bond acceptors (Lipinski definition) is 8. The summed E-state index contributed by atoms with van der Waals surface area (Å²) in [6.45, 7) is 8.49. The van der Waals surface area contributed by atoms with Crippen LogP contribution in [0, 0.1) is 5.92 Å². The van der Waals surface area contributed by atoms with E-state index in [9.17, 15) is 19.5 Å². The first-order valence-electron chi connectivity index (χ1n) is 19.8. The van der Waals surface area contributed by atoms with Crippen LogP contribution in [0.4, 0.5) is 11.4 Å². The zero-order chi connectivity index (χ0) is 41.1. The molecule has 0 aromatic heterocycles. The predicted molar refractivity (Wildman–Crippen MR) is 225 cm³/mol. The minimum atomic E-state index is -2.55. The third kappa shape index (κ3) is 6.75. The van der Waals surface area contributed by atoms with Crippen molar-refractivity contribution in [3.63, 3.8) is 0 Å². The van der Waals surface area contributed by atoms with Crippen LogP contribution in [0.1, 0.15) is 48.9 Å². The Kier molecular flexibility index (Phi) is 10.6. The summed E-state index contributed by atoms with van der Waals surface area (Å²) in [6.07, 6.45) is -0.478. The van der Waals surface area contributed by atoms with Crippen LogP contribution >= 0.6 is 15.9 Å². The number of aliphatic hydroxyl groups excluding tert-OH is 1. The van der Waals surface area contributed by atoms with E-state index in [0.29, 0.717) is 18.7 Å². The number of benzene rings is 4. The fraction of sp³-hybridized carbons (Fsp3) is 0.378. The normalized spacial score (nSPS) is 25.1. The van der Waals surface area contributed by atoms with Crippen molar-refractivity contribution < 1.29 is 38.5 Å². The lowest BCUT2D eigenvalue weighted by molar-refractivity contribution is -0.154. The summed E-state index contributed by atoms with van der Waals surface area (Å²) >= 11 is 3.68. The van der Waals surface area contributed by atoms with Crippen LogP contribution in [0.25, 0.3) is 0 Å². The zero-order valence-corrected chi connectivity index (χ0v) is 35.9. The van der Waals surface area contributed by atoms with E-state index in [-0.39, 0.29) is 61.2 Å². The van der Waals surface area contributed by atoms with Crippen molar-refractivity contribution in [1.29, 1.82) is 0 Å². The van der Waals surface area contributed by atoms with Crippen molar-refractivity contribution in [2.24, 2.45) is 5.92 Å². The average Bonchev–Trinajstić information content (AvgIpc) is 3.63. The SMILES string of the molecule is COc1ccc([Si](C)(C)[C@@H]2[C@@H](CC(=O)N3Cc4ccccc4C[C@H]3CO)O[C@]3(C(=O)N(Cc4ccc(N5C(=O)CC5OC(C)=O)cc4)c4ccc(Br)cc43)[C@H]2C)cc1. The monoisotopic (exact) mass is 865 g/mol. The number of amides is 3. The van der Waals surface area contributed by atoms with Crippen molar-refractivity contribution in [3.05, 3.63) is 118 Å². The third-order valence-electron chi connectivity index (χ3n) is 12.8. The highest BCUT2D eigenvalue weighted by Crippen LogP contribution is 2.60. The molecule has 1 unspecified atom stereocenters. The molecule has 1 spiro atoms. The minimum absolute atomic E-state index is 0.0592. The Morgan fingerprint density at radius 1 is 0.966 bits per heavy atom. The summed E-state index contributed by atoms with van der Waals surface area (Å²) < 4.78 is 18.9. The van der Waals surface area contributed by atoms with Crippen molar-refractivity contribution in [2.75, 3.05) is 23.5 Å². The molecule has 1 N–H and O–H groups in total. The molecule has 3 amide bonds. The molecule has 4 heterocycles. The molecule has 13 heteroatoms. The molecule has 6 atom stereocenters. The molecule has 0 aliphatic carbocycles. The van der Waals surface area contributed by atoms with Gasteiger partial charge < -0.3 is 29.1 Å². The number of β-lactam (4-membered cyclic amide) rings is 1. The van der Waals surface area contributed by atoms with E-state index in [1.54, 1.807) is 29.0 Å². The van der Waals surface area contributed by atoms with Crippen molar-refractivity contribution >= 4 is 64.3 Å². The van der Waals surface area contributed by atoms with Crippen LogP contribution in [0.3, 0.4) is 0 Å². The van der Waals surface area contributed by atoms with Gasteiger partial charge in [0, 0.05) is 35.1 Å². The molecule has 302 valence electrons. The number of nitrogens with zero attached hydrogens (tertiary/aromatic N) is 3. The Balaban J connectivity index is 1.14. The van der Waals surface area contributed by atoms with E-state index in [1.807, 2.05) is 60.7 Å². The molecule has 4 aliphatic heterocycles. The second-order valence-electron chi connectivity index (χ2n) is 16.4. The maximum Gasteiger partial charge on any atom is 0.304 e. The first-order chi connectivity index (χ1) is 27.8. The molecular weight excluding hydrogens is 818 g/mol. The summed E-state index contributed by atoms with van der Waals surface area (Å²) in [5.41, 5.74) is 3.59. The number of halogens is 1. The van der Waals surface area contributed by atoms with E-state index in [0.717, 1.165) is 43.4 Å². The summed E-state index contributed by atoms with van der Waals surface area (Å²) in [4.78, 5) is 59.1. The zero-order valence-electron chi connectivity index (χ0n) is 33.3. The van der Waals surface area contributed by atoms with Gasteiger partial charge in [0.15, 0.2) is 11.8 Å². The maximum atomic E-state index is 15.3. The quantitative estimate of drug-likeness (QED) is 0.114. The smallest absolute Gasteiger partial charge is 0.304 e. The molecule has 0 bridgehead atoms. The van der Waals surface area contributed by atoms with Gasteiger partial charge in [-0.1, -0.05) is 89.7 Å². The van der Waals surface area contributed by atoms with Gasteiger partial charge in [-0.3, -0.25) is 24.1 Å². The number of fused-ring (bicyclic) bond motifs is 3. The van der Waals surface area contributed by atoms with Crippen molar-refractivity contribution in [1.82, 2.24) is 4.90 Å². The first kappa shape index (κ1) is 40.0. The van der Waals surface area contributed by atoms with Gasteiger partial charge in [-0.15, -0.1) is 0 Å². The highest BCUT2D eigenvalue weighted by atomic mass is 79.9. The third-order valence-corrected chi connectivity index (χ3v) is 17.7. The largest absolute Gasteiger partial charge is 0.497 e. The number of hydrogen-bond donors (Lipinski definition) is 1. The Morgan fingerprint density at radius 2 is 1.67 bits per heavy atom. The fourth-order valence-corrected chi connectivity index (χ4v) is 14.3. The fourth-order valence-electron chi connectivity index (χ4n) is 9.90. The van der Waals surface area contributed by atoms with Gasteiger partial charge in [0.25, 0.3) is 5.91 Å². The molecule has 8 rings (SSSR count). The van der Waals surface area contributed by atoms with E-state index >= 15 is 4.79 Å². The van der Waals surface area contributed by atoms with Crippen LogP contribution in [-0.4, -0.2) is 73.9 Å². The molecule has 2 saturated heterocycles. The van der Waals surface area contributed by atoms with Crippen LogP contribution in [0.2, 0.25) is 18.6 Å². The average molecular weight is 867 g/mol. The van der Waals surface area contributed by atoms with Gasteiger partial charge >= 0.3 is 5.97 Å². The molecule has 4 aliphatic rings. The number of methoxy groups -OCH3 is 1. The lowest BCUT2D eigenvalue weighted by atomic mass is 9.82. The highest BCUT2D eigenvalue weighted by Gasteiger charge is 2.66. The highest BCUT2D eigenvalue weighted by molar-refractivity contribution is 9.10. The molecule has 11 nitrogen and oxygen atoms in total. The number of aliphatic hydroxyl groups is 1. The Bertz CT molecular complexity index is 2270. The van der Waals surface area contributed by atoms with Gasteiger partial charge in [0.05, 0.1) is 59.0 Å². The Labute approximate surface area is 348 Å². The molecule has 0 saturated carbocycles. The van der Waals surface area contributed by atoms with E-state index in [1.165, 1.54) is 11.8 Å². The second-order valence-corrected chi connectivity index (χ2v) is 22.0. The molecular formula is C45H48BrN3O8Si. The summed E-state index contributed by atoms with van der Waals surface area (Å²) in [5, 5.41) is 11.7. The van der Waals surface area contributed by atoms with E-state index < -0.39 is 32.0 Å². The van der Waals surface area contributed by atoms with Crippen LogP contribution in [0.15, 0.2) is 95.5 Å².